The normalized spacial score (nSPS) is 19.9. The largest absolute Gasteiger partial charge is 0.496 e. The number of piperazine rings is 1. The lowest BCUT2D eigenvalue weighted by Gasteiger charge is -2.36. The number of nitrogens with zero attached hydrogens (tertiary/aromatic N) is 2. The molecule has 0 spiro atoms. The van der Waals surface area contributed by atoms with Gasteiger partial charge >= 0.3 is 0 Å². The zero-order chi connectivity index (χ0) is 13.8. The molecule has 4 nitrogen and oxygen atoms in total. The van der Waals surface area contributed by atoms with E-state index in [0.29, 0.717) is 6.04 Å². The molecule has 1 aliphatic rings. The Hall–Kier alpha value is -1.43. The summed E-state index contributed by atoms with van der Waals surface area (Å²) in [5.74, 6) is 0.999. The van der Waals surface area contributed by atoms with Crippen LogP contribution in [0.1, 0.15) is 16.5 Å². The van der Waals surface area contributed by atoms with Gasteiger partial charge in [0.25, 0.3) is 0 Å². The van der Waals surface area contributed by atoms with Gasteiger partial charge in [-0.15, -0.1) is 11.3 Å². The van der Waals surface area contributed by atoms with Gasteiger partial charge in [-0.3, -0.25) is 9.88 Å². The molecule has 1 atom stereocenters. The Morgan fingerprint density at radius 3 is 3.25 bits per heavy atom. The van der Waals surface area contributed by atoms with Crippen LogP contribution in [0, 0.1) is 0 Å². The number of aromatic nitrogens is 1. The maximum atomic E-state index is 5.42. The summed E-state index contributed by atoms with van der Waals surface area (Å²) in [4.78, 5) is 8.05. The van der Waals surface area contributed by atoms with Crippen molar-refractivity contribution in [3.8, 4) is 5.75 Å². The fraction of sp³-hybridized carbons (Fsp3) is 0.400. The number of nitrogens with one attached hydrogen (secondary N) is 1. The molecule has 0 amide bonds. The van der Waals surface area contributed by atoms with Crippen LogP contribution in [0.15, 0.2) is 36.0 Å². The Morgan fingerprint density at radius 2 is 2.45 bits per heavy atom. The molecule has 0 aliphatic carbocycles. The van der Waals surface area contributed by atoms with E-state index in [4.69, 9.17) is 4.74 Å². The van der Waals surface area contributed by atoms with Crippen LogP contribution in [0.4, 0.5) is 0 Å². The van der Waals surface area contributed by atoms with Crippen molar-refractivity contribution in [1.29, 1.82) is 0 Å². The third-order valence-electron chi connectivity index (χ3n) is 3.69. The zero-order valence-corrected chi connectivity index (χ0v) is 12.4. The summed E-state index contributed by atoms with van der Waals surface area (Å²) in [6.07, 6.45) is 3.79. The van der Waals surface area contributed by atoms with Crippen molar-refractivity contribution in [2.75, 3.05) is 26.7 Å². The van der Waals surface area contributed by atoms with Gasteiger partial charge in [-0.1, -0.05) is 6.07 Å². The highest BCUT2D eigenvalue weighted by molar-refractivity contribution is 7.10. The SMILES string of the molecule is COc1ccsc1CN1CCNCC1c1cccnc1. The summed E-state index contributed by atoms with van der Waals surface area (Å²) in [7, 11) is 1.74. The predicted octanol–water partition coefficient (Wildman–Crippen LogP) is 2.30. The second-order valence-electron chi connectivity index (χ2n) is 4.89. The average Bonchev–Trinajstić information content (AvgIpc) is 2.96. The van der Waals surface area contributed by atoms with Crippen molar-refractivity contribution < 1.29 is 4.74 Å². The molecule has 5 heteroatoms. The number of hydrogen-bond donors (Lipinski definition) is 1. The Balaban J connectivity index is 1.79. The van der Waals surface area contributed by atoms with E-state index in [-0.39, 0.29) is 0 Å². The molecular formula is C15H19N3OS. The van der Waals surface area contributed by atoms with Crippen LogP contribution >= 0.6 is 11.3 Å². The summed E-state index contributed by atoms with van der Waals surface area (Å²) in [6, 6.07) is 6.59. The number of ether oxygens (including phenoxy) is 1. The second kappa shape index (κ2) is 6.35. The summed E-state index contributed by atoms with van der Waals surface area (Å²) >= 11 is 1.76. The minimum atomic E-state index is 0.379. The standard InChI is InChI=1S/C15H19N3OS/c1-19-14-4-8-20-15(14)11-18-7-6-17-10-13(18)12-3-2-5-16-9-12/h2-5,8-9,13,17H,6-7,10-11H2,1H3. The van der Waals surface area contributed by atoms with E-state index in [1.54, 1.807) is 18.4 Å². The van der Waals surface area contributed by atoms with Gasteiger partial charge < -0.3 is 10.1 Å². The minimum Gasteiger partial charge on any atom is -0.496 e. The van der Waals surface area contributed by atoms with Gasteiger partial charge in [-0.2, -0.15) is 0 Å². The van der Waals surface area contributed by atoms with Crippen molar-refractivity contribution in [1.82, 2.24) is 15.2 Å². The van der Waals surface area contributed by atoms with Crippen LogP contribution in [0.2, 0.25) is 0 Å². The van der Waals surface area contributed by atoms with Crippen LogP contribution in [-0.2, 0) is 6.54 Å². The second-order valence-corrected chi connectivity index (χ2v) is 5.89. The Bertz CT molecular complexity index is 543. The topological polar surface area (TPSA) is 37.4 Å². The Labute approximate surface area is 123 Å². The van der Waals surface area contributed by atoms with Crippen LogP contribution in [0.25, 0.3) is 0 Å². The molecule has 2 aromatic rings. The van der Waals surface area contributed by atoms with Crippen molar-refractivity contribution in [2.24, 2.45) is 0 Å². The molecular weight excluding hydrogens is 270 g/mol. The lowest BCUT2D eigenvalue weighted by Crippen LogP contribution is -2.45. The van der Waals surface area contributed by atoms with E-state index in [9.17, 15) is 0 Å². The lowest BCUT2D eigenvalue weighted by atomic mass is 10.1. The molecule has 1 aliphatic heterocycles. The third kappa shape index (κ3) is 2.85. The summed E-state index contributed by atoms with van der Waals surface area (Å²) < 4.78 is 5.42. The van der Waals surface area contributed by atoms with E-state index in [0.717, 1.165) is 31.9 Å². The van der Waals surface area contributed by atoms with Crippen LogP contribution in [0.5, 0.6) is 5.75 Å². The summed E-state index contributed by atoms with van der Waals surface area (Å²) in [6.45, 7) is 3.98. The monoisotopic (exact) mass is 289 g/mol. The number of rotatable bonds is 4. The third-order valence-corrected chi connectivity index (χ3v) is 4.58. The van der Waals surface area contributed by atoms with Gasteiger partial charge in [-0.25, -0.2) is 0 Å². The molecule has 1 unspecified atom stereocenters. The Morgan fingerprint density at radius 1 is 1.50 bits per heavy atom. The first kappa shape index (κ1) is 13.5. The van der Waals surface area contributed by atoms with Gasteiger partial charge in [0.2, 0.25) is 0 Å². The van der Waals surface area contributed by atoms with Gasteiger partial charge in [0.15, 0.2) is 0 Å². The number of methoxy groups -OCH3 is 1. The van der Waals surface area contributed by atoms with Crippen molar-refractivity contribution in [3.63, 3.8) is 0 Å². The number of thiophene rings is 1. The van der Waals surface area contributed by atoms with E-state index in [1.807, 2.05) is 24.5 Å². The quantitative estimate of drug-likeness (QED) is 0.937. The molecule has 2 aromatic heterocycles. The molecule has 0 bridgehead atoms. The van der Waals surface area contributed by atoms with Crippen molar-refractivity contribution >= 4 is 11.3 Å². The fourth-order valence-electron chi connectivity index (χ4n) is 2.65. The minimum absolute atomic E-state index is 0.379. The molecule has 0 aromatic carbocycles. The highest BCUT2D eigenvalue weighted by Crippen LogP contribution is 2.30. The summed E-state index contributed by atoms with van der Waals surface area (Å²) in [5.41, 5.74) is 1.27. The lowest BCUT2D eigenvalue weighted by molar-refractivity contribution is 0.153. The molecule has 106 valence electrons. The first-order chi connectivity index (χ1) is 9.88. The fourth-order valence-corrected chi connectivity index (χ4v) is 3.51. The van der Waals surface area contributed by atoms with Gasteiger partial charge in [0.1, 0.15) is 5.75 Å². The van der Waals surface area contributed by atoms with Crippen molar-refractivity contribution in [3.05, 3.63) is 46.4 Å². The van der Waals surface area contributed by atoms with E-state index < -0.39 is 0 Å². The van der Waals surface area contributed by atoms with Gasteiger partial charge in [0, 0.05) is 44.6 Å². The molecule has 0 radical (unpaired) electrons. The maximum Gasteiger partial charge on any atom is 0.134 e. The van der Waals surface area contributed by atoms with Gasteiger partial charge in [0.05, 0.1) is 12.0 Å². The van der Waals surface area contributed by atoms with E-state index >= 15 is 0 Å². The average molecular weight is 289 g/mol. The Kier molecular flexibility index (Phi) is 4.30. The van der Waals surface area contributed by atoms with Crippen molar-refractivity contribution in [2.45, 2.75) is 12.6 Å². The molecule has 1 saturated heterocycles. The number of hydrogen-bond acceptors (Lipinski definition) is 5. The highest BCUT2D eigenvalue weighted by atomic mass is 32.1. The molecule has 1 N–H and O–H groups in total. The van der Waals surface area contributed by atoms with Crippen LogP contribution < -0.4 is 10.1 Å². The molecule has 20 heavy (non-hydrogen) atoms. The maximum absolute atomic E-state index is 5.42. The van der Waals surface area contributed by atoms with Crippen LogP contribution in [0.3, 0.4) is 0 Å². The predicted molar refractivity (Wildman–Crippen MR) is 81.1 cm³/mol. The smallest absolute Gasteiger partial charge is 0.134 e. The highest BCUT2D eigenvalue weighted by Gasteiger charge is 2.25. The first-order valence-electron chi connectivity index (χ1n) is 6.83. The van der Waals surface area contributed by atoms with E-state index in [2.05, 4.69) is 26.6 Å². The number of pyridine rings is 1. The summed E-state index contributed by atoms with van der Waals surface area (Å²) in [5, 5.41) is 5.57. The molecule has 3 heterocycles. The zero-order valence-electron chi connectivity index (χ0n) is 11.6. The molecule has 0 saturated carbocycles. The van der Waals surface area contributed by atoms with E-state index in [1.165, 1.54) is 10.4 Å². The van der Waals surface area contributed by atoms with Gasteiger partial charge in [-0.05, 0) is 23.1 Å². The first-order valence-corrected chi connectivity index (χ1v) is 7.71. The van der Waals surface area contributed by atoms with Crippen LogP contribution in [-0.4, -0.2) is 36.6 Å². The molecule has 3 rings (SSSR count). The molecule has 1 fully saturated rings.